The van der Waals surface area contributed by atoms with E-state index < -0.39 is 0 Å². The summed E-state index contributed by atoms with van der Waals surface area (Å²) in [7, 11) is 0. The van der Waals surface area contributed by atoms with E-state index in [2.05, 4.69) is 27.2 Å². The number of ether oxygens (including phenoxy) is 1. The van der Waals surface area contributed by atoms with Crippen molar-refractivity contribution in [1.29, 1.82) is 0 Å². The van der Waals surface area contributed by atoms with Gasteiger partial charge in [0.1, 0.15) is 0 Å². The van der Waals surface area contributed by atoms with Crippen LogP contribution in [0.25, 0.3) is 11.2 Å². The number of aliphatic hydroxyl groups excluding tert-OH is 1. The Balaban J connectivity index is 1.82. The molecule has 1 aliphatic rings. The molecule has 2 atom stereocenters. The van der Waals surface area contributed by atoms with Crippen LogP contribution in [0.2, 0.25) is 5.15 Å². The Morgan fingerprint density at radius 3 is 3.04 bits per heavy atom. The number of halogens is 1. The van der Waals surface area contributed by atoms with Crippen molar-refractivity contribution in [3.63, 3.8) is 0 Å². The van der Waals surface area contributed by atoms with Crippen molar-refractivity contribution in [3.8, 4) is 0 Å². The summed E-state index contributed by atoms with van der Waals surface area (Å²) >= 11 is 7.81. The Bertz CT molecular complexity index is 668. The minimum absolute atomic E-state index is 0.0499. The number of aromatic nitrogens is 5. The molecule has 0 radical (unpaired) electrons. The second-order valence-corrected chi connectivity index (χ2v) is 6.96. The van der Waals surface area contributed by atoms with E-state index in [4.69, 9.17) is 21.4 Å². The first-order chi connectivity index (χ1) is 11.2. The molecule has 2 heterocycles. The number of nitrogens with zero attached hydrogens (tertiary/aromatic N) is 5. The van der Waals surface area contributed by atoms with Gasteiger partial charge in [-0.15, -0.1) is 5.10 Å². The highest BCUT2D eigenvalue weighted by atomic mass is 35.5. The summed E-state index contributed by atoms with van der Waals surface area (Å²) < 4.78 is 7.47. The first-order valence-electron chi connectivity index (χ1n) is 7.86. The van der Waals surface area contributed by atoms with Gasteiger partial charge in [-0.25, -0.2) is 14.6 Å². The summed E-state index contributed by atoms with van der Waals surface area (Å²) in [5.41, 5.74) is 1.24. The smallest absolute Gasteiger partial charge is 0.191 e. The second kappa shape index (κ2) is 7.74. The lowest BCUT2D eigenvalue weighted by Crippen LogP contribution is -2.14. The Morgan fingerprint density at radius 1 is 1.39 bits per heavy atom. The topological polar surface area (TPSA) is 86.0 Å². The molecule has 1 N–H and O–H groups in total. The lowest BCUT2D eigenvalue weighted by atomic mass is 10.2. The summed E-state index contributed by atoms with van der Waals surface area (Å²) in [6.45, 7) is 2.54. The average Bonchev–Trinajstić information content (AvgIpc) is 3.17. The first-order valence-corrected chi connectivity index (χ1v) is 9.23. The lowest BCUT2D eigenvalue weighted by molar-refractivity contribution is 0.0309. The predicted octanol–water partition coefficient (Wildman–Crippen LogP) is 2.48. The second-order valence-electron chi connectivity index (χ2n) is 5.53. The third kappa shape index (κ3) is 3.76. The van der Waals surface area contributed by atoms with Crippen molar-refractivity contribution in [3.05, 3.63) is 5.15 Å². The minimum atomic E-state index is 0.0499. The van der Waals surface area contributed by atoms with Gasteiger partial charge in [0.25, 0.3) is 0 Å². The molecular formula is C14H20ClN5O2S. The zero-order valence-electron chi connectivity index (χ0n) is 13.0. The average molecular weight is 358 g/mol. The number of thioether (sulfide) groups is 1. The number of fused-ring (bicyclic) bond motifs is 1. The van der Waals surface area contributed by atoms with E-state index in [9.17, 15) is 0 Å². The molecule has 126 valence electrons. The van der Waals surface area contributed by atoms with Gasteiger partial charge in [0, 0.05) is 5.75 Å². The maximum atomic E-state index is 8.86. The van der Waals surface area contributed by atoms with Crippen LogP contribution in [0, 0.1) is 0 Å². The van der Waals surface area contributed by atoms with E-state index >= 15 is 0 Å². The van der Waals surface area contributed by atoms with Gasteiger partial charge in [-0.2, -0.15) is 0 Å². The monoisotopic (exact) mass is 357 g/mol. The van der Waals surface area contributed by atoms with Crippen molar-refractivity contribution in [1.82, 2.24) is 25.0 Å². The van der Waals surface area contributed by atoms with E-state index in [-0.39, 0.29) is 18.8 Å². The van der Waals surface area contributed by atoms with Crippen LogP contribution >= 0.6 is 23.4 Å². The Kier molecular flexibility index (Phi) is 5.68. The molecule has 0 aliphatic heterocycles. The molecule has 9 heteroatoms. The predicted molar refractivity (Wildman–Crippen MR) is 88.9 cm³/mol. The zero-order chi connectivity index (χ0) is 16.2. The van der Waals surface area contributed by atoms with Gasteiger partial charge in [-0.1, -0.05) is 35.5 Å². The van der Waals surface area contributed by atoms with E-state index in [0.717, 1.165) is 31.4 Å². The molecule has 1 aliphatic carbocycles. The summed E-state index contributed by atoms with van der Waals surface area (Å²) in [4.78, 5) is 8.87. The highest BCUT2D eigenvalue weighted by Crippen LogP contribution is 2.34. The van der Waals surface area contributed by atoms with Crippen LogP contribution in [0.3, 0.4) is 0 Å². The quantitative estimate of drug-likeness (QED) is 0.462. The van der Waals surface area contributed by atoms with Crippen molar-refractivity contribution in [2.24, 2.45) is 0 Å². The van der Waals surface area contributed by atoms with E-state index in [0.29, 0.717) is 28.1 Å². The van der Waals surface area contributed by atoms with E-state index in [1.807, 2.05) is 4.68 Å². The first kappa shape index (κ1) is 16.9. The number of aliphatic hydroxyl groups is 1. The van der Waals surface area contributed by atoms with Crippen molar-refractivity contribution in [2.75, 3.05) is 19.0 Å². The van der Waals surface area contributed by atoms with E-state index in [1.54, 1.807) is 11.8 Å². The number of hydrogen-bond donors (Lipinski definition) is 1. The van der Waals surface area contributed by atoms with Gasteiger partial charge in [0.05, 0.1) is 25.4 Å². The van der Waals surface area contributed by atoms with Crippen molar-refractivity contribution < 1.29 is 9.84 Å². The molecule has 0 unspecified atom stereocenters. The molecule has 2 aromatic heterocycles. The van der Waals surface area contributed by atoms with Gasteiger partial charge >= 0.3 is 0 Å². The van der Waals surface area contributed by atoms with Gasteiger partial charge < -0.3 is 9.84 Å². The zero-order valence-corrected chi connectivity index (χ0v) is 14.6. The molecule has 23 heavy (non-hydrogen) atoms. The van der Waals surface area contributed by atoms with E-state index in [1.165, 1.54) is 0 Å². The number of hydrogen-bond acceptors (Lipinski definition) is 7. The van der Waals surface area contributed by atoms with Crippen LogP contribution in [0.15, 0.2) is 5.16 Å². The van der Waals surface area contributed by atoms with Crippen molar-refractivity contribution >= 4 is 34.5 Å². The maximum Gasteiger partial charge on any atom is 0.191 e. The van der Waals surface area contributed by atoms with Gasteiger partial charge in [-0.05, 0) is 25.7 Å². The summed E-state index contributed by atoms with van der Waals surface area (Å²) in [5.74, 6) is 0.948. The third-order valence-electron chi connectivity index (χ3n) is 3.84. The highest BCUT2D eigenvalue weighted by Gasteiger charge is 2.29. The normalized spacial score (nSPS) is 21.3. The molecule has 1 saturated carbocycles. The van der Waals surface area contributed by atoms with Crippen LogP contribution in [0.1, 0.15) is 38.6 Å². The minimum Gasteiger partial charge on any atom is -0.394 e. The Labute approximate surface area is 143 Å². The Hall–Kier alpha value is -0.960. The van der Waals surface area contributed by atoms with Crippen LogP contribution in [-0.4, -0.2) is 55.1 Å². The van der Waals surface area contributed by atoms with Gasteiger partial charge in [-0.3, -0.25) is 0 Å². The fourth-order valence-corrected chi connectivity index (χ4v) is 3.74. The molecule has 2 aromatic rings. The fraction of sp³-hybridized carbons (Fsp3) is 0.714. The summed E-state index contributed by atoms with van der Waals surface area (Å²) in [5, 5.41) is 18.3. The molecule has 7 nitrogen and oxygen atoms in total. The number of rotatable bonds is 7. The molecule has 0 spiro atoms. The molecule has 0 aromatic carbocycles. The van der Waals surface area contributed by atoms with Crippen LogP contribution in [0.5, 0.6) is 0 Å². The van der Waals surface area contributed by atoms with Crippen LogP contribution in [-0.2, 0) is 4.74 Å². The molecule has 3 rings (SSSR count). The van der Waals surface area contributed by atoms with Gasteiger partial charge in [0.2, 0.25) is 0 Å². The van der Waals surface area contributed by atoms with Crippen LogP contribution in [0.4, 0.5) is 0 Å². The molecule has 1 fully saturated rings. The molecule has 0 bridgehead atoms. The molecule has 0 saturated heterocycles. The van der Waals surface area contributed by atoms with Crippen LogP contribution < -0.4 is 0 Å². The van der Waals surface area contributed by atoms with Crippen molar-refractivity contribution in [2.45, 2.75) is 49.9 Å². The largest absolute Gasteiger partial charge is 0.394 e. The highest BCUT2D eigenvalue weighted by molar-refractivity contribution is 7.99. The molecule has 0 amide bonds. The fourth-order valence-electron chi connectivity index (χ4n) is 2.79. The molecular weight excluding hydrogens is 338 g/mol. The summed E-state index contributed by atoms with van der Waals surface area (Å²) in [6.07, 6.45) is 3.94. The standard InChI is InChI=1S/C14H20ClN5O2S/c1-2-7-23-14-16-12(15)11-13(17-14)20(19-18-11)9-3-4-10(8-9)22-6-5-21/h9-10,21H,2-8H2,1H3/t9-,10+/m0/s1. The summed E-state index contributed by atoms with van der Waals surface area (Å²) in [6, 6.07) is 0.193. The van der Waals surface area contributed by atoms with Gasteiger partial charge in [0.15, 0.2) is 21.5 Å². The third-order valence-corrected chi connectivity index (χ3v) is 5.16. The Morgan fingerprint density at radius 2 is 2.26 bits per heavy atom. The maximum absolute atomic E-state index is 8.86. The SMILES string of the molecule is CCCSc1nc(Cl)c2nnn([C@H]3CC[C@@H](OCCO)C3)c2n1. The lowest BCUT2D eigenvalue weighted by Gasteiger charge is -2.12.